The van der Waals surface area contributed by atoms with Crippen molar-refractivity contribution in [3.8, 4) is 0 Å². The van der Waals surface area contributed by atoms with Crippen LogP contribution in [0.15, 0.2) is 60.0 Å². The maximum absolute atomic E-state index is 12.9. The van der Waals surface area contributed by atoms with Gasteiger partial charge in [0, 0.05) is 16.8 Å². The fourth-order valence-corrected chi connectivity index (χ4v) is 3.36. The summed E-state index contributed by atoms with van der Waals surface area (Å²) in [6.45, 7) is 3.41. The maximum Gasteiger partial charge on any atom is 0.205 e. The number of para-hydroxylation sites is 1. The Morgan fingerprint density at radius 2 is 1.71 bits per heavy atom. The summed E-state index contributed by atoms with van der Waals surface area (Å²) in [5.41, 5.74) is 3.33. The number of carbonyl (C=O) groups is 2. The van der Waals surface area contributed by atoms with E-state index in [1.54, 1.807) is 12.1 Å². The van der Waals surface area contributed by atoms with E-state index >= 15 is 0 Å². The van der Waals surface area contributed by atoms with E-state index in [0.29, 0.717) is 21.7 Å². The molecule has 24 heavy (non-hydrogen) atoms. The van der Waals surface area contributed by atoms with Gasteiger partial charge >= 0.3 is 0 Å². The van der Waals surface area contributed by atoms with Gasteiger partial charge < -0.3 is 5.32 Å². The SMILES string of the molecule is CC(=O)c1c(C)ccc(C(=O)c2cccs2)c1Nc1ccccc1. The molecule has 0 bridgehead atoms. The summed E-state index contributed by atoms with van der Waals surface area (Å²) in [6.07, 6.45) is 0. The molecule has 0 atom stereocenters. The first-order valence-corrected chi connectivity index (χ1v) is 8.50. The van der Waals surface area contributed by atoms with Gasteiger partial charge in [0.25, 0.3) is 0 Å². The molecule has 120 valence electrons. The van der Waals surface area contributed by atoms with Crippen LogP contribution in [0.1, 0.15) is 38.1 Å². The molecule has 0 saturated heterocycles. The third-order valence-corrected chi connectivity index (χ3v) is 4.67. The zero-order valence-corrected chi connectivity index (χ0v) is 14.3. The van der Waals surface area contributed by atoms with Crippen LogP contribution < -0.4 is 5.32 Å². The molecule has 2 aromatic carbocycles. The standard InChI is InChI=1S/C20H17NO2S/c1-13-10-11-16(20(23)17-9-6-12-24-17)19(18(13)14(2)22)21-15-7-4-3-5-8-15/h3-12,21H,1-2H3. The summed E-state index contributed by atoms with van der Waals surface area (Å²) in [4.78, 5) is 25.7. The number of nitrogens with one attached hydrogen (secondary N) is 1. The molecule has 0 unspecified atom stereocenters. The Morgan fingerprint density at radius 3 is 2.33 bits per heavy atom. The van der Waals surface area contributed by atoms with Gasteiger partial charge in [-0.25, -0.2) is 0 Å². The normalized spacial score (nSPS) is 10.4. The van der Waals surface area contributed by atoms with Gasteiger partial charge in [-0.15, -0.1) is 11.3 Å². The number of benzene rings is 2. The van der Waals surface area contributed by atoms with Crippen LogP contribution in [0.2, 0.25) is 0 Å². The number of rotatable bonds is 5. The van der Waals surface area contributed by atoms with E-state index in [2.05, 4.69) is 5.32 Å². The molecule has 1 heterocycles. The summed E-state index contributed by atoms with van der Waals surface area (Å²) in [6, 6.07) is 16.8. The number of hydrogen-bond acceptors (Lipinski definition) is 4. The fraction of sp³-hybridized carbons (Fsp3) is 0.100. The van der Waals surface area contributed by atoms with E-state index in [1.807, 2.05) is 54.8 Å². The first-order chi connectivity index (χ1) is 11.6. The fourth-order valence-electron chi connectivity index (χ4n) is 2.69. The monoisotopic (exact) mass is 335 g/mol. The van der Waals surface area contributed by atoms with Crippen molar-refractivity contribution in [2.75, 3.05) is 5.32 Å². The number of aryl methyl sites for hydroxylation is 1. The average molecular weight is 335 g/mol. The molecule has 1 aromatic heterocycles. The van der Waals surface area contributed by atoms with Crippen molar-refractivity contribution in [3.05, 3.63) is 81.5 Å². The highest BCUT2D eigenvalue weighted by Crippen LogP contribution is 2.31. The molecule has 0 amide bonds. The molecule has 0 fully saturated rings. The zero-order chi connectivity index (χ0) is 17.1. The number of carbonyl (C=O) groups excluding carboxylic acids is 2. The number of hydrogen-bond donors (Lipinski definition) is 1. The van der Waals surface area contributed by atoms with Crippen LogP contribution in [0, 0.1) is 6.92 Å². The number of thiophene rings is 1. The van der Waals surface area contributed by atoms with Crippen molar-refractivity contribution in [1.82, 2.24) is 0 Å². The summed E-state index contributed by atoms with van der Waals surface area (Å²) >= 11 is 1.40. The Labute approximate surface area is 145 Å². The number of Topliss-reactive ketones (excluding diaryl/α,β-unsaturated/α-hetero) is 1. The highest BCUT2D eigenvalue weighted by molar-refractivity contribution is 7.12. The lowest BCUT2D eigenvalue weighted by Crippen LogP contribution is -2.10. The van der Waals surface area contributed by atoms with Gasteiger partial charge in [0.2, 0.25) is 5.78 Å². The molecule has 3 aromatic rings. The van der Waals surface area contributed by atoms with E-state index in [0.717, 1.165) is 11.3 Å². The van der Waals surface area contributed by atoms with E-state index in [1.165, 1.54) is 18.3 Å². The second-order valence-corrected chi connectivity index (χ2v) is 6.48. The quantitative estimate of drug-likeness (QED) is 0.649. The Morgan fingerprint density at radius 1 is 0.958 bits per heavy atom. The summed E-state index contributed by atoms with van der Waals surface area (Å²) in [5.74, 6) is -0.141. The predicted molar refractivity (Wildman–Crippen MR) is 98.7 cm³/mol. The molecule has 0 spiro atoms. The van der Waals surface area contributed by atoms with Crippen molar-refractivity contribution in [2.24, 2.45) is 0 Å². The maximum atomic E-state index is 12.9. The van der Waals surface area contributed by atoms with Crippen molar-refractivity contribution >= 4 is 34.3 Å². The molecule has 3 rings (SSSR count). The Balaban J connectivity index is 2.16. The minimum atomic E-state index is -0.0778. The summed E-state index contributed by atoms with van der Waals surface area (Å²) in [7, 11) is 0. The minimum absolute atomic E-state index is 0.0632. The topological polar surface area (TPSA) is 46.2 Å². The Bertz CT molecular complexity index is 884. The second-order valence-electron chi connectivity index (χ2n) is 5.53. The molecule has 3 nitrogen and oxygen atoms in total. The van der Waals surface area contributed by atoms with Crippen LogP contribution in [0.5, 0.6) is 0 Å². The van der Waals surface area contributed by atoms with E-state index in [-0.39, 0.29) is 11.6 Å². The van der Waals surface area contributed by atoms with Crippen LogP contribution in [0.25, 0.3) is 0 Å². The highest BCUT2D eigenvalue weighted by atomic mass is 32.1. The second kappa shape index (κ2) is 6.81. The lowest BCUT2D eigenvalue weighted by atomic mass is 9.96. The van der Waals surface area contributed by atoms with Crippen molar-refractivity contribution in [1.29, 1.82) is 0 Å². The van der Waals surface area contributed by atoms with Gasteiger partial charge in [0.1, 0.15) is 0 Å². The van der Waals surface area contributed by atoms with Crippen LogP contribution in [0.4, 0.5) is 11.4 Å². The molecule has 0 saturated carbocycles. The molecule has 0 radical (unpaired) electrons. The molecule has 0 aliphatic heterocycles. The highest BCUT2D eigenvalue weighted by Gasteiger charge is 2.21. The van der Waals surface area contributed by atoms with Crippen LogP contribution in [0.3, 0.4) is 0 Å². The first kappa shape index (κ1) is 16.1. The lowest BCUT2D eigenvalue weighted by Gasteiger charge is -2.16. The number of anilines is 2. The van der Waals surface area contributed by atoms with Gasteiger partial charge in [-0.1, -0.05) is 30.3 Å². The number of ketones is 2. The van der Waals surface area contributed by atoms with Crippen molar-refractivity contribution in [3.63, 3.8) is 0 Å². The third-order valence-electron chi connectivity index (χ3n) is 3.80. The van der Waals surface area contributed by atoms with Crippen LogP contribution in [-0.4, -0.2) is 11.6 Å². The first-order valence-electron chi connectivity index (χ1n) is 7.62. The molecular weight excluding hydrogens is 318 g/mol. The summed E-state index contributed by atoms with van der Waals surface area (Å²) in [5, 5.41) is 5.14. The van der Waals surface area contributed by atoms with E-state index in [4.69, 9.17) is 0 Å². The molecular formula is C20H17NO2S. The smallest absolute Gasteiger partial charge is 0.205 e. The van der Waals surface area contributed by atoms with Gasteiger partial charge in [-0.05, 0) is 49.1 Å². The van der Waals surface area contributed by atoms with Crippen LogP contribution >= 0.6 is 11.3 Å². The summed E-state index contributed by atoms with van der Waals surface area (Å²) < 4.78 is 0. The largest absolute Gasteiger partial charge is 0.354 e. The molecule has 4 heteroatoms. The molecule has 0 aliphatic rings. The Kier molecular flexibility index (Phi) is 4.58. The van der Waals surface area contributed by atoms with Crippen molar-refractivity contribution in [2.45, 2.75) is 13.8 Å². The third kappa shape index (κ3) is 3.14. The van der Waals surface area contributed by atoms with Gasteiger partial charge in [-0.3, -0.25) is 9.59 Å². The van der Waals surface area contributed by atoms with Crippen LogP contribution in [-0.2, 0) is 0 Å². The van der Waals surface area contributed by atoms with Gasteiger partial charge in [0.05, 0.1) is 10.6 Å². The predicted octanol–water partition coefficient (Wildman–Crippen LogP) is 5.23. The minimum Gasteiger partial charge on any atom is -0.354 e. The molecule has 0 aliphatic carbocycles. The van der Waals surface area contributed by atoms with E-state index in [9.17, 15) is 9.59 Å². The Hall–Kier alpha value is -2.72. The molecule has 1 N–H and O–H groups in total. The van der Waals surface area contributed by atoms with Gasteiger partial charge in [0.15, 0.2) is 5.78 Å². The van der Waals surface area contributed by atoms with Gasteiger partial charge in [-0.2, -0.15) is 0 Å². The average Bonchev–Trinajstić information content (AvgIpc) is 3.09. The van der Waals surface area contributed by atoms with E-state index < -0.39 is 0 Å². The lowest BCUT2D eigenvalue weighted by molar-refractivity contribution is 0.101. The van der Waals surface area contributed by atoms with Crippen molar-refractivity contribution < 1.29 is 9.59 Å². The zero-order valence-electron chi connectivity index (χ0n) is 13.5.